The van der Waals surface area contributed by atoms with Gasteiger partial charge in [-0.2, -0.15) is 0 Å². The fraction of sp³-hybridized carbons (Fsp3) is 0.333. The Bertz CT molecular complexity index is 4820. The van der Waals surface area contributed by atoms with Crippen LogP contribution in [-0.4, -0.2) is 24.9 Å². The van der Waals surface area contributed by atoms with Crippen LogP contribution in [0.3, 0.4) is 0 Å². The number of pyridine rings is 10. The van der Waals surface area contributed by atoms with Crippen molar-refractivity contribution in [3.05, 3.63) is 235 Å². The van der Waals surface area contributed by atoms with Crippen LogP contribution in [0.2, 0.25) is 0 Å². The van der Waals surface area contributed by atoms with E-state index >= 15 is 0 Å². The van der Waals surface area contributed by atoms with E-state index in [0.717, 1.165) is 112 Å². The molecule has 440 valence electrons. The van der Waals surface area contributed by atoms with Gasteiger partial charge in [0.15, 0.2) is 31.0 Å². The van der Waals surface area contributed by atoms with Gasteiger partial charge in [0.25, 0.3) is 0 Å². The van der Waals surface area contributed by atoms with E-state index in [9.17, 15) is 0 Å². The van der Waals surface area contributed by atoms with Crippen molar-refractivity contribution in [2.75, 3.05) is 0 Å². The minimum atomic E-state index is -2.25. The van der Waals surface area contributed by atoms with Crippen LogP contribution in [0, 0.1) is 138 Å². The second-order valence-corrected chi connectivity index (χ2v) is 21.9. The Kier molecular flexibility index (Phi) is 13.9. The summed E-state index contributed by atoms with van der Waals surface area (Å²) in [5.41, 5.74) is 22.1. The summed E-state index contributed by atoms with van der Waals surface area (Å²) in [6, 6.07) is 20.3. The van der Waals surface area contributed by atoms with Crippen LogP contribution in [0.5, 0.6) is 0 Å². The molecule has 0 N–H and O–H groups in total. The predicted octanol–water partition coefficient (Wildman–Crippen LogP) is 14.0. The first-order valence-electron chi connectivity index (χ1n) is 38.2. The summed E-state index contributed by atoms with van der Waals surface area (Å²) in [5.74, 6) is 0. The van der Waals surface area contributed by atoms with Gasteiger partial charge < -0.3 is 0 Å². The molecule has 0 aliphatic rings. The van der Waals surface area contributed by atoms with E-state index in [2.05, 4.69) is 31.0 Å². The first-order chi connectivity index (χ1) is 48.4. The minimum absolute atomic E-state index is 0.0530. The van der Waals surface area contributed by atoms with Gasteiger partial charge >= 0.3 is 0 Å². The summed E-state index contributed by atoms with van der Waals surface area (Å²) < 4.78 is 167. The fourth-order valence-electron chi connectivity index (χ4n) is 10.0. The molecule has 0 saturated heterocycles. The normalized spacial score (nSPS) is 15.3. The van der Waals surface area contributed by atoms with Crippen molar-refractivity contribution in [2.45, 2.75) is 138 Å². The maximum Gasteiger partial charge on any atom is 0.214 e. The topological polar surface area (TPSA) is 83.9 Å². The Balaban J connectivity index is 0.000000208. The lowest BCUT2D eigenvalue weighted by Gasteiger charge is -2.10. The zero-order valence-corrected chi connectivity index (χ0v) is 52.5. The summed E-state index contributed by atoms with van der Waals surface area (Å²) in [7, 11) is 9.25. The van der Waals surface area contributed by atoms with Crippen molar-refractivity contribution in [1.82, 2.24) is 24.9 Å². The van der Waals surface area contributed by atoms with Crippen molar-refractivity contribution >= 4 is 0 Å². The van der Waals surface area contributed by atoms with Crippen LogP contribution in [0.25, 0.3) is 56.3 Å². The number of rotatable bonds is 5. The van der Waals surface area contributed by atoms with E-state index in [1.54, 1.807) is 112 Å². The summed E-state index contributed by atoms with van der Waals surface area (Å²) in [6.45, 7) is 9.31. The van der Waals surface area contributed by atoms with Gasteiger partial charge in [0, 0.05) is 129 Å². The van der Waals surface area contributed by atoms with E-state index in [1.807, 2.05) is 147 Å². The molecule has 0 fully saturated rings. The maximum absolute atomic E-state index is 7.61. The number of nitrogens with zero attached hydrogens (tertiary/aromatic N) is 10. The number of aryl methyl sites for hydroxylation is 25. The molecule has 0 saturated carbocycles. The van der Waals surface area contributed by atoms with E-state index in [-0.39, 0.29) is 17.1 Å². The fourth-order valence-corrected chi connectivity index (χ4v) is 10.0. The Morgan fingerprint density at radius 1 is 0.318 bits per heavy atom. The zero-order chi connectivity index (χ0) is 80.4. The molecule has 0 bridgehead atoms. The van der Waals surface area contributed by atoms with Crippen LogP contribution in [0.1, 0.15) is 141 Å². The van der Waals surface area contributed by atoms with E-state index in [0.29, 0.717) is 39.1 Å². The van der Waals surface area contributed by atoms with Gasteiger partial charge in [0.1, 0.15) is 35.2 Å². The van der Waals surface area contributed by atoms with Gasteiger partial charge in [-0.3, -0.25) is 24.9 Å². The highest BCUT2D eigenvalue weighted by Crippen LogP contribution is 2.28. The minimum Gasteiger partial charge on any atom is -0.264 e. The van der Waals surface area contributed by atoms with Crippen LogP contribution in [0.15, 0.2) is 123 Å². The van der Waals surface area contributed by atoms with Crippen molar-refractivity contribution in [3.8, 4) is 56.3 Å². The van der Waals surface area contributed by atoms with E-state index in [4.69, 9.17) is 28.8 Å². The Morgan fingerprint density at radius 3 is 1.13 bits per heavy atom. The van der Waals surface area contributed by atoms with Crippen molar-refractivity contribution in [3.63, 3.8) is 0 Å². The molecule has 10 heterocycles. The quantitative estimate of drug-likeness (QED) is 0.160. The largest absolute Gasteiger partial charge is 0.264 e. The standard InChI is InChI=1S/C16H21N2.3C15H19N2.C14H17N2/c1-10-8-15(18(6)9-12(10)3)16-11(2)7-13(4)17-14(16)5;1-10-7-15(17(5)9-12(10)3)14-8-16-13(4)6-11(14)2;1-10-6-7-16-13(4)15(10)14-8-11(2)12(3)9-17(14)5;1-10-6-7-17(5)14(8-10)15-11(2)9-12(3)16-13(15)4;1-10-5-6-15-8-13(10)14-7-11(2)12(3)9-16(14)4/h7-9H,1-6H3;3*6-9H,1-5H3;5-9H,1-4H3/q5*+1/i2*3D3,4D3;3*3D3. The molecule has 10 aromatic heterocycles. The van der Waals surface area contributed by atoms with E-state index in [1.165, 1.54) is 6.20 Å². The molecule has 10 aromatic rings. The van der Waals surface area contributed by atoms with Gasteiger partial charge in [-0.25, -0.2) is 22.8 Å². The Labute approximate surface area is 539 Å². The van der Waals surface area contributed by atoms with Crippen LogP contribution >= 0.6 is 0 Å². The molecule has 10 nitrogen and oxygen atoms in total. The molecule has 10 rings (SSSR count). The lowest BCUT2D eigenvalue weighted by atomic mass is 10.0. The molecule has 0 aliphatic carbocycles. The lowest BCUT2D eigenvalue weighted by Crippen LogP contribution is -2.32. The summed E-state index contributed by atoms with van der Waals surface area (Å²) in [5, 5.41) is 0. The summed E-state index contributed by atoms with van der Waals surface area (Å²) >= 11 is 0. The molecular weight excluding hydrogens is 1040 g/mol. The summed E-state index contributed by atoms with van der Waals surface area (Å²) in [4.78, 5) is 21.0. The lowest BCUT2D eigenvalue weighted by molar-refractivity contribution is -0.660. The molecule has 0 aromatic carbocycles. The molecule has 0 spiro atoms. The first-order valence-corrected chi connectivity index (χ1v) is 27.7. The van der Waals surface area contributed by atoms with Crippen LogP contribution in [0.4, 0.5) is 0 Å². The highest BCUT2D eigenvalue weighted by atomic mass is 14.9. The van der Waals surface area contributed by atoms with Crippen molar-refractivity contribution in [1.29, 1.82) is 0 Å². The third-order valence-corrected chi connectivity index (χ3v) is 14.8. The highest BCUT2D eigenvalue weighted by Gasteiger charge is 2.21. The van der Waals surface area contributed by atoms with Gasteiger partial charge in [-0.1, -0.05) is 0 Å². The Morgan fingerprint density at radius 2 is 0.718 bits per heavy atom. The monoisotopic (exact) mass is 1160 g/mol. The predicted molar refractivity (Wildman–Crippen MR) is 349 cm³/mol. The third-order valence-electron chi connectivity index (χ3n) is 14.8. The molecule has 10 heteroatoms. The van der Waals surface area contributed by atoms with Crippen LogP contribution in [-0.2, 0) is 35.2 Å². The van der Waals surface area contributed by atoms with Crippen LogP contribution < -0.4 is 22.8 Å². The smallest absolute Gasteiger partial charge is 0.214 e. The number of hydrogen-bond donors (Lipinski definition) is 0. The van der Waals surface area contributed by atoms with E-state index < -0.39 is 48.0 Å². The molecule has 0 radical (unpaired) electrons. The van der Waals surface area contributed by atoms with Gasteiger partial charge in [-0.05, 0) is 224 Å². The maximum atomic E-state index is 7.61. The zero-order valence-electron chi connectivity index (χ0n) is 73.5. The molecular formula is C75H95N10+5. The molecule has 0 atom stereocenters. The molecule has 0 amide bonds. The second-order valence-electron chi connectivity index (χ2n) is 21.9. The van der Waals surface area contributed by atoms with Gasteiger partial charge in [0.05, 0.1) is 44.9 Å². The highest BCUT2D eigenvalue weighted by molar-refractivity contribution is 5.67. The van der Waals surface area contributed by atoms with Gasteiger partial charge in [0.2, 0.25) is 28.5 Å². The number of aromatic nitrogens is 10. The second kappa shape index (κ2) is 28.4. The average molecular weight is 1160 g/mol. The SMILES string of the molecule is [2H]C([2H])([2H])c1c[n+](C)c(-c2c(C)ccnc2C)cc1C.[2H]C([2H])([2H])c1c[n+](C)c(-c2cnccc2C)cc1C.[2H]C([2H])([2H])c1cc(C)c(-c2cc(C)c(C([2H])([2H])[2H])c[n+]2C)c(C)n1.[2H]C([2H])([2H])c1cc(C)c(-c2cc(C)c(C([2H])([2H])[2H])c[n+]2C)cn1.[2H]C([2H])([2H])c1cc(C)c(-c2cc(C)cc[n+]2C)c(C)n1. The third kappa shape index (κ3) is 16.2. The molecule has 85 heavy (non-hydrogen) atoms. The molecule has 0 unspecified atom stereocenters. The average Bonchev–Trinajstić information content (AvgIpc) is 0.795. The summed E-state index contributed by atoms with van der Waals surface area (Å²) in [6.07, 6.45) is 15.5. The first kappa shape index (κ1) is 41.5. The Hall–Kier alpha value is -8.50. The van der Waals surface area contributed by atoms with Crippen molar-refractivity contribution in [2.24, 2.45) is 35.2 Å². The number of hydrogen-bond acceptors (Lipinski definition) is 5. The van der Waals surface area contributed by atoms with Gasteiger partial charge in [-0.15, -0.1) is 0 Å². The molecule has 0 aliphatic heterocycles. The van der Waals surface area contributed by atoms with Crippen molar-refractivity contribution < 1.29 is 51.6 Å².